The van der Waals surface area contributed by atoms with Crippen LogP contribution in [-0.4, -0.2) is 10.9 Å². The fraction of sp³-hybridized carbons (Fsp3) is 0.0952. The van der Waals surface area contributed by atoms with E-state index >= 15 is 0 Å². The van der Waals surface area contributed by atoms with Crippen LogP contribution in [0.4, 0.5) is 4.39 Å². The molecule has 7 heteroatoms. The van der Waals surface area contributed by atoms with Crippen LogP contribution >= 0.6 is 23.2 Å². The van der Waals surface area contributed by atoms with E-state index in [1.807, 2.05) is 0 Å². The van der Waals surface area contributed by atoms with E-state index in [-0.39, 0.29) is 10.7 Å². The molecule has 0 aliphatic heterocycles. The highest BCUT2D eigenvalue weighted by Crippen LogP contribution is 2.26. The summed E-state index contributed by atoms with van der Waals surface area (Å²) in [7, 11) is 0. The number of aromatic nitrogens is 1. The quantitative estimate of drug-likeness (QED) is 0.636. The largest absolute Gasteiger partial charge is 0.339 e. The summed E-state index contributed by atoms with van der Waals surface area (Å²) in [5.74, 6) is -1.06. The second-order valence-corrected chi connectivity index (χ2v) is 6.99. The maximum absolute atomic E-state index is 14.5. The predicted molar refractivity (Wildman–Crippen MR) is 106 cm³/mol. The lowest BCUT2D eigenvalue weighted by atomic mass is 10.0. The average molecular weight is 414 g/mol. The third-order valence-corrected chi connectivity index (χ3v) is 4.66. The zero-order chi connectivity index (χ0) is 20.3. The second kappa shape index (κ2) is 8.39. The molecule has 0 fully saturated rings. The number of carbonyl (C=O) groups excluding carboxylic acids is 1. The summed E-state index contributed by atoms with van der Waals surface area (Å²) < 4.78 is 14.5. The van der Waals surface area contributed by atoms with Gasteiger partial charge in [-0.05, 0) is 54.4 Å². The Kier molecular flexibility index (Phi) is 5.93. The van der Waals surface area contributed by atoms with Gasteiger partial charge in [-0.2, -0.15) is 5.26 Å². The van der Waals surface area contributed by atoms with Crippen LogP contribution in [0.2, 0.25) is 10.0 Å². The summed E-state index contributed by atoms with van der Waals surface area (Å²) in [5, 5.41) is 12.5. The lowest BCUT2D eigenvalue weighted by Crippen LogP contribution is -2.30. The molecule has 0 spiro atoms. The Morgan fingerprint density at radius 1 is 1.14 bits per heavy atom. The van der Waals surface area contributed by atoms with Crippen LogP contribution < -0.4 is 5.32 Å². The van der Waals surface area contributed by atoms with E-state index < -0.39 is 17.8 Å². The Bertz CT molecular complexity index is 1080. The number of hydrogen-bond donors (Lipinski definition) is 1. The van der Waals surface area contributed by atoms with E-state index in [1.54, 1.807) is 49.4 Å². The standard InChI is InChI=1S/C21H14Cl2FN3O/c1-12-8-14(2-3-15(12)10-25)21(28)27-19(13-4-6-16(22)7-5-13)20-18(24)9-17(23)11-26-20/h2-9,11,19H,1H3,(H,27,28)/t19-/m1/s1. The molecule has 1 amide bonds. The summed E-state index contributed by atoms with van der Waals surface area (Å²) in [6, 6.07) is 13.8. The Hall–Kier alpha value is -2.94. The van der Waals surface area contributed by atoms with Gasteiger partial charge in [-0.3, -0.25) is 9.78 Å². The lowest BCUT2D eigenvalue weighted by Gasteiger charge is -2.20. The smallest absolute Gasteiger partial charge is 0.252 e. The fourth-order valence-electron chi connectivity index (χ4n) is 2.75. The number of pyridine rings is 1. The van der Waals surface area contributed by atoms with E-state index in [2.05, 4.69) is 16.4 Å². The van der Waals surface area contributed by atoms with Gasteiger partial charge < -0.3 is 5.32 Å². The normalized spacial score (nSPS) is 11.5. The minimum absolute atomic E-state index is 0.0328. The molecule has 0 unspecified atom stereocenters. The number of amides is 1. The molecule has 1 atom stereocenters. The SMILES string of the molecule is Cc1cc(C(=O)N[C@H](c2ccc(Cl)cc2)c2ncc(Cl)cc2F)ccc1C#N. The minimum atomic E-state index is -0.849. The van der Waals surface area contributed by atoms with Crippen molar-refractivity contribution in [2.45, 2.75) is 13.0 Å². The number of rotatable bonds is 4. The molecule has 140 valence electrons. The van der Waals surface area contributed by atoms with Crippen LogP contribution in [0, 0.1) is 24.1 Å². The van der Waals surface area contributed by atoms with Crippen molar-refractivity contribution < 1.29 is 9.18 Å². The van der Waals surface area contributed by atoms with Crippen molar-refractivity contribution in [2.75, 3.05) is 0 Å². The molecular formula is C21H14Cl2FN3O. The van der Waals surface area contributed by atoms with E-state index in [0.717, 1.165) is 6.07 Å². The van der Waals surface area contributed by atoms with Crippen molar-refractivity contribution in [2.24, 2.45) is 0 Å². The molecule has 28 heavy (non-hydrogen) atoms. The minimum Gasteiger partial charge on any atom is -0.339 e. The van der Waals surface area contributed by atoms with Crippen LogP contribution in [0.5, 0.6) is 0 Å². The van der Waals surface area contributed by atoms with Gasteiger partial charge in [-0.25, -0.2) is 4.39 Å². The molecule has 3 rings (SSSR count). The van der Waals surface area contributed by atoms with Crippen molar-refractivity contribution in [1.29, 1.82) is 5.26 Å². The van der Waals surface area contributed by atoms with Crippen LogP contribution in [0.25, 0.3) is 0 Å². The van der Waals surface area contributed by atoms with Gasteiger partial charge in [-0.15, -0.1) is 0 Å². The molecule has 4 nitrogen and oxygen atoms in total. The van der Waals surface area contributed by atoms with Gasteiger partial charge in [0.15, 0.2) is 0 Å². The first-order chi connectivity index (χ1) is 13.4. The molecule has 0 aliphatic carbocycles. The molecule has 0 saturated carbocycles. The summed E-state index contributed by atoms with van der Waals surface area (Å²) in [6.07, 6.45) is 1.32. The molecule has 0 bridgehead atoms. The number of nitrogens with one attached hydrogen (secondary N) is 1. The van der Waals surface area contributed by atoms with Crippen LogP contribution in [0.3, 0.4) is 0 Å². The Labute approximate surface area is 171 Å². The monoisotopic (exact) mass is 413 g/mol. The zero-order valence-electron chi connectivity index (χ0n) is 14.7. The third kappa shape index (κ3) is 4.30. The maximum atomic E-state index is 14.5. The number of halogens is 3. The third-order valence-electron chi connectivity index (χ3n) is 4.20. The highest BCUT2D eigenvalue weighted by Gasteiger charge is 2.23. The summed E-state index contributed by atoms with van der Waals surface area (Å²) in [6.45, 7) is 1.74. The number of benzene rings is 2. The molecule has 3 aromatic rings. The average Bonchev–Trinajstić information content (AvgIpc) is 2.67. The highest BCUT2D eigenvalue weighted by atomic mass is 35.5. The van der Waals surface area contributed by atoms with Crippen molar-refractivity contribution in [1.82, 2.24) is 10.3 Å². The molecule has 0 radical (unpaired) electrons. The highest BCUT2D eigenvalue weighted by molar-refractivity contribution is 6.30. The molecule has 1 heterocycles. The van der Waals surface area contributed by atoms with Crippen molar-refractivity contribution in [3.63, 3.8) is 0 Å². The number of aryl methyl sites for hydroxylation is 1. The van der Waals surface area contributed by atoms with Gasteiger partial charge >= 0.3 is 0 Å². The van der Waals surface area contributed by atoms with Gasteiger partial charge in [-0.1, -0.05) is 35.3 Å². The number of carbonyl (C=O) groups is 1. The van der Waals surface area contributed by atoms with E-state index in [0.29, 0.717) is 27.3 Å². The summed E-state index contributed by atoms with van der Waals surface area (Å²) in [4.78, 5) is 16.9. The summed E-state index contributed by atoms with van der Waals surface area (Å²) in [5.41, 5.74) is 2.15. The number of nitriles is 1. The topological polar surface area (TPSA) is 65.8 Å². The van der Waals surface area contributed by atoms with Crippen LogP contribution in [-0.2, 0) is 0 Å². The van der Waals surface area contributed by atoms with Crippen LogP contribution in [0.1, 0.15) is 38.8 Å². The van der Waals surface area contributed by atoms with Crippen molar-refractivity contribution in [3.05, 3.63) is 98.5 Å². The Morgan fingerprint density at radius 2 is 1.86 bits per heavy atom. The van der Waals surface area contributed by atoms with Crippen molar-refractivity contribution >= 4 is 29.1 Å². The first-order valence-electron chi connectivity index (χ1n) is 8.27. The van der Waals surface area contributed by atoms with Gasteiger partial charge in [0.05, 0.1) is 22.7 Å². The molecular weight excluding hydrogens is 400 g/mol. The van der Waals surface area contributed by atoms with Gasteiger partial charge in [0, 0.05) is 16.8 Å². The molecule has 0 saturated heterocycles. The molecule has 1 aromatic heterocycles. The lowest BCUT2D eigenvalue weighted by molar-refractivity contribution is 0.0941. The Morgan fingerprint density at radius 3 is 2.46 bits per heavy atom. The van der Waals surface area contributed by atoms with E-state index in [1.165, 1.54) is 6.20 Å². The number of nitrogens with zero attached hydrogens (tertiary/aromatic N) is 2. The zero-order valence-corrected chi connectivity index (χ0v) is 16.2. The van der Waals surface area contributed by atoms with Crippen LogP contribution in [0.15, 0.2) is 54.7 Å². The first kappa shape index (κ1) is 19.8. The van der Waals surface area contributed by atoms with Crippen molar-refractivity contribution in [3.8, 4) is 6.07 Å². The van der Waals surface area contributed by atoms with E-state index in [4.69, 9.17) is 28.5 Å². The summed E-state index contributed by atoms with van der Waals surface area (Å²) >= 11 is 11.7. The fourth-order valence-corrected chi connectivity index (χ4v) is 3.02. The number of hydrogen-bond acceptors (Lipinski definition) is 3. The maximum Gasteiger partial charge on any atom is 0.252 e. The molecule has 1 N–H and O–H groups in total. The molecule has 2 aromatic carbocycles. The second-order valence-electron chi connectivity index (χ2n) is 6.12. The van der Waals surface area contributed by atoms with E-state index in [9.17, 15) is 9.18 Å². The van der Waals surface area contributed by atoms with Gasteiger partial charge in [0.2, 0.25) is 0 Å². The van der Waals surface area contributed by atoms with Gasteiger partial charge in [0.1, 0.15) is 11.5 Å². The Balaban J connectivity index is 1.99. The first-order valence-corrected chi connectivity index (χ1v) is 9.02. The predicted octanol–water partition coefficient (Wildman–Crippen LogP) is 5.23. The van der Waals surface area contributed by atoms with Gasteiger partial charge in [0.25, 0.3) is 5.91 Å². The molecule has 0 aliphatic rings.